The minimum Gasteiger partial charge on any atom is -0.508 e. The van der Waals surface area contributed by atoms with Crippen LogP contribution in [-0.2, 0) is 124 Å². The van der Waals surface area contributed by atoms with Crippen molar-refractivity contribution < 1.29 is 117 Å². The Hall–Kier alpha value is -13.5. The number of hydrogen-bond acceptors (Lipinski definition) is 24. The molecule has 3 aromatic heterocycles. The standard InChI is InChI=1S/C95H126N18O24S/c1-6-8-20-73-88(130)103-65(30-32-84(125)126)77(117)40-58(85(127)100-46-81(97)121)50-138-51-82(122)102-68(35-53-25-28-60(115)29-26-53)94(136)111-33-15-14-23-72(111)79(119)39-55(41-80(96)120)92(134)112-34-16-24-74(112)89(131)104-66(42-59-45-98-52-101-59)78(118)38-54(27-31-83(123)124)91(133)113-48-61(116)43-76(113)90(132)105-67(36-56-44-99-64-19-12-10-17-62(56)64)86(128)107-70(49-114)87(129)106-69(37-57-47-108(3)71-22-13-11-18-63(57)71)93(135)110(5)75(21-9-7-2)95(137)109(73)4/h10-13,17-19,22,25-26,28-29,44-45,47,52,54-55,58,61,65-70,72-76,99,114-116H,6-9,14-16,20-21,23-24,27,30-43,46,48-51H2,1-5H3,(H2,96,120)(H2,97,121)(H,98,101)(H,100,127)(H,102,122)(H,103,130)(H,104,131)(H,105,132)(H,106,129)(H,107,128)(H,123,124)(H,125,126)/t54-,55+,58+,61-,65+,66+,67+,68+,69+,70+,72+,73+,74+,75+,76+/m1/s1. The van der Waals surface area contributed by atoms with Crippen molar-refractivity contribution in [3.63, 3.8) is 0 Å². The van der Waals surface area contributed by atoms with Gasteiger partial charge in [0.1, 0.15) is 54.1 Å². The molecule has 15 atom stereocenters. The number of ketones is 3. The molecule has 0 unspecified atom stereocenters. The van der Waals surface area contributed by atoms with E-state index < -0.39 is 291 Å². The molecule has 4 fully saturated rings. The summed E-state index contributed by atoms with van der Waals surface area (Å²) >= 11 is 0.789. The van der Waals surface area contributed by atoms with Gasteiger partial charge in [-0.3, -0.25) is 91.1 Å². The number of amides is 14. The van der Waals surface area contributed by atoms with Crippen molar-refractivity contribution in [1.82, 2.24) is 81.2 Å². The van der Waals surface area contributed by atoms with Gasteiger partial charge in [-0.05, 0) is 98.7 Å². The van der Waals surface area contributed by atoms with Gasteiger partial charge >= 0.3 is 11.9 Å². The molecule has 746 valence electrons. The van der Waals surface area contributed by atoms with Crippen LogP contribution in [0.25, 0.3) is 21.8 Å². The number of benzene rings is 3. The molecule has 14 amide bonds. The molecule has 4 aliphatic heterocycles. The van der Waals surface area contributed by atoms with E-state index in [4.69, 9.17) is 11.5 Å². The van der Waals surface area contributed by atoms with Crippen LogP contribution in [0.4, 0.5) is 0 Å². The smallest absolute Gasteiger partial charge is 0.303 e. The van der Waals surface area contributed by atoms with Crippen LogP contribution in [0.15, 0.2) is 97.7 Å². The number of nitrogens with two attached hydrogens (primary N) is 2. The lowest BCUT2D eigenvalue weighted by molar-refractivity contribution is -0.149. The first-order chi connectivity index (χ1) is 65.9. The molecule has 138 heavy (non-hydrogen) atoms. The number of aromatic hydroxyl groups is 1. The third-order valence-corrected chi connectivity index (χ3v) is 27.0. The number of hydrogen-bond donors (Lipinski definition) is 16. The monoisotopic (exact) mass is 1930 g/mol. The molecule has 6 aromatic rings. The van der Waals surface area contributed by atoms with Crippen molar-refractivity contribution in [1.29, 1.82) is 0 Å². The number of aliphatic hydroxyl groups is 2. The minimum absolute atomic E-state index is 0.0281. The third-order valence-electron chi connectivity index (χ3n) is 25.9. The summed E-state index contributed by atoms with van der Waals surface area (Å²) in [5, 5.41) is 73.0. The molecule has 4 aliphatic rings. The number of H-pyrrole nitrogens is 2. The first-order valence-electron chi connectivity index (χ1n) is 46.7. The number of carboxylic acid groups (broad SMARTS) is 2. The number of Topliss-reactive ketones (excluding diaryl/α,β-unsaturated/α-hetero) is 3. The van der Waals surface area contributed by atoms with Crippen molar-refractivity contribution in [2.75, 3.05) is 58.4 Å². The second kappa shape index (κ2) is 50.6. The predicted octanol–water partition coefficient (Wildman–Crippen LogP) is 0.308. The number of aromatic amines is 2. The number of phenols is 1. The van der Waals surface area contributed by atoms with Crippen molar-refractivity contribution in [3.05, 3.63) is 120 Å². The van der Waals surface area contributed by atoms with E-state index in [1.54, 1.807) is 73.4 Å². The number of aliphatic carboxylic acids is 2. The molecule has 0 radical (unpaired) electrons. The fourth-order valence-electron chi connectivity index (χ4n) is 18.5. The summed E-state index contributed by atoms with van der Waals surface area (Å²) in [5.74, 6) is -24.2. The van der Waals surface area contributed by atoms with E-state index in [1.165, 1.54) is 55.8 Å². The van der Waals surface area contributed by atoms with Gasteiger partial charge in [0.25, 0.3) is 0 Å². The van der Waals surface area contributed by atoms with Gasteiger partial charge in [0.15, 0.2) is 17.3 Å². The molecule has 43 heteroatoms. The number of unbranched alkanes of at least 4 members (excludes halogenated alkanes) is 2. The molecule has 3 aromatic carbocycles. The number of carbonyl (C=O) groups excluding carboxylic acids is 17. The molecule has 10 rings (SSSR count). The van der Waals surface area contributed by atoms with Crippen LogP contribution in [0.1, 0.15) is 165 Å². The molecular formula is C95H126N18O24S. The maximum atomic E-state index is 15.8. The number of imidazole rings is 1. The van der Waals surface area contributed by atoms with Crippen LogP contribution >= 0.6 is 11.8 Å². The number of fused-ring (bicyclic) bond motifs is 5. The first-order valence-corrected chi connectivity index (χ1v) is 47.8. The van der Waals surface area contributed by atoms with Gasteiger partial charge in [-0.1, -0.05) is 88.1 Å². The Labute approximate surface area is 800 Å². The van der Waals surface area contributed by atoms with E-state index in [-0.39, 0.29) is 88.7 Å². The number of nitrogens with one attached hydrogen (secondary N) is 9. The van der Waals surface area contributed by atoms with Gasteiger partial charge in [0.2, 0.25) is 82.7 Å². The number of aryl methyl sites for hydroxylation is 1. The Balaban J connectivity index is 1.03. The van der Waals surface area contributed by atoms with Crippen LogP contribution in [-0.4, -0.2) is 312 Å². The number of rotatable bonds is 26. The van der Waals surface area contributed by atoms with E-state index in [9.17, 15) is 59.1 Å². The molecule has 42 nitrogen and oxygen atoms in total. The van der Waals surface area contributed by atoms with Crippen LogP contribution in [0, 0.1) is 17.8 Å². The number of aromatic nitrogens is 4. The number of carbonyl (C=O) groups is 19. The van der Waals surface area contributed by atoms with Crippen molar-refractivity contribution in [2.45, 2.75) is 241 Å². The fraction of sp³-hybridized carbons (Fsp3) is 0.537. The summed E-state index contributed by atoms with van der Waals surface area (Å²) in [6.45, 7) is 1.01. The number of aliphatic hydroxyl groups excluding tert-OH is 2. The summed E-state index contributed by atoms with van der Waals surface area (Å²) in [5.41, 5.74) is 14.2. The molecule has 0 spiro atoms. The Bertz CT molecular complexity index is 5410. The van der Waals surface area contributed by atoms with E-state index in [2.05, 4.69) is 52.2 Å². The van der Waals surface area contributed by atoms with E-state index >= 15 is 57.5 Å². The summed E-state index contributed by atoms with van der Waals surface area (Å²) in [4.78, 5) is 293. The van der Waals surface area contributed by atoms with Crippen molar-refractivity contribution >= 4 is 146 Å². The van der Waals surface area contributed by atoms with E-state index in [0.29, 0.717) is 70.6 Å². The average Bonchev–Trinajstić information content (AvgIpc) is 1.63. The SMILES string of the molecule is CCCC[C@H]1C(=O)N(C)[C@@H](CCCC)C(=O)N[C@@H](CCC(=O)O)C(=O)C[C@H](C(=O)NCC(N)=O)CSCC(=O)N[C@@H](Cc2ccc(O)cc2)C(=O)N2CCCC[C@H]2C(=O)C[C@@H](CC(N)=O)C(=O)N2CCC[C@H]2C(=O)N[C@@H](Cc2cnc[nH]2)C(=O)C[C@@H](CCC(=O)O)C(=O)N2C[C@H](O)C[C@H]2C(=O)N[C@@H](Cc2c[nH]c3ccccc23)C(=O)N[C@@H](CO)C(=O)N[C@@H](Cc2cn(C)c3ccccc23)C(=O)N1C. The molecule has 18 N–H and O–H groups in total. The number of piperidine rings is 1. The normalized spacial score (nSPS) is 25.1. The molecular weight excluding hydrogens is 1810 g/mol. The molecule has 0 bridgehead atoms. The Morgan fingerprint density at radius 3 is 1.80 bits per heavy atom. The topological polar surface area (TPSA) is 627 Å². The molecule has 4 saturated heterocycles. The summed E-state index contributed by atoms with van der Waals surface area (Å²) < 4.78 is 1.78. The van der Waals surface area contributed by atoms with E-state index in [1.807, 2.05) is 13.0 Å². The summed E-state index contributed by atoms with van der Waals surface area (Å²) in [6.07, 6.45) is -0.547. The molecule has 0 aliphatic carbocycles. The number of phenolic OH excluding ortho intramolecular Hbond substituents is 1. The highest BCUT2D eigenvalue weighted by Gasteiger charge is 2.48. The molecule has 0 saturated carbocycles. The third kappa shape index (κ3) is 28.8. The van der Waals surface area contributed by atoms with Crippen molar-refractivity contribution in [3.8, 4) is 5.75 Å². The number of nitrogens with zero attached hydrogens (tertiary/aromatic N) is 7. The zero-order chi connectivity index (χ0) is 100. The number of para-hydroxylation sites is 2. The van der Waals surface area contributed by atoms with Gasteiger partial charge in [-0.25, -0.2) is 4.98 Å². The van der Waals surface area contributed by atoms with E-state index in [0.717, 1.165) is 31.4 Å². The highest BCUT2D eigenvalue weighted by molar-refractivity contribution is 7.99. The zero-order valence-corrected chi connectivity index (χ0v) is 78.8. The summed E-state index contributed by atoms with van der Waals surface area (Å²) in [7, 11) is 4.37. The number of primary amides is 2. The van der Waals surface area contributed by atoms with Crippen LogP contribution in [0.2, 0.25) is 0 Å². The highest BCUT2D eigenvalue weighted by Crippen LogP contribution is 2.33. The zero-order valence-electron chi connectivity index (χ0n) is 78.0. The lowest BCUT2D eigenvalue weighted by atomic mass is 9.89. The maximum Gasteiger partial charge on any atom is 0.303 e. The number of thioether (sulfide) groups is 1. The summed E-state index contributed by atoms with van der Waals surface area (Å²) in [6, 6.07) is 2.40. The van der Waals surface area contributed by atoms with Gasteiger partial charge in [-0.15, -0.1) is 0 Å². The highest BCUT2D eigenvalue weighted by atomic mass is 32.2. The Morgan fingerprint density at radius 2 is 1.12 bits per heavy atom. The number of carboxylic acids is 2. The lowest BCUT2D eigenvalue weighted by Crippen LogP contribution is -2.61. The average molecular weight is 1940 g/mol. The van der Waals surface area contributed by atoms with Gasteiger partial charge in [0, 0.05) is 169 Å². The Morgan fingerprint density at radius 1 is 0.536 bits per heavy atom. The second-order valence-corrected chi connectivity index (χ2v) is 37.0. The van der Waals surface area contributed by atoms with Gasteiger partial charge in [-0.2, -0.15) is 11.8 Å². The van der Waals surface area contributed by atoms with Gasteiger partial charge < -0.3 is 113 Å². The molecule has 7 heterocycles. The van der Waals surface area contributed by atoms with Gasteiger partial charge in [0.05, 0.1) is 61.3 Å². The predicted molar refractivity (Wildman–Crippen MR) is 500 cm³/mol. The maximum absolute atomic E-state index is 15.8. The van der Waals surface area contributed by atoms with Crippen LogP contribution in [0.3, 0.4) is 0 Å². The number of likely N-dealkylation sites (N-methyl/N-ethyl adjacent to an activating group) is 2. The van der Waals surface area contributed by atoms with Crippen LogP contribution in [0.5, 0.6) is 5.75 Å². The Kier molecular flexibility index (Phi) is 39.1. The largest absolute Gasteiger partial charge is 0.508 e. The quantitative estimate of drug-likeness (QED) is 0.0347. The van der Waals surface area contributed by atoms with Crippen molar-refractivity contribution in [2.24, 2.45) is 36.3 Å². The minimum atomic E-state index is -1.94. The second-order valence-electron chi connectivity index (χ2n) is 36.0. The fourth-order valence-corrected chi connectivity index (χ4v) is 19.4. The first kappa shape index (κ1) is 107. The van der Waals surface area contributed by atoms with Crippen LogP contribution < -0.4 is 48.7 Å². The lowest BCUT2D eigenvalue weighted by Gasteiger charge is -2.38.